The molecule has 1 aliphatic heterocycles. The number of rotatable bonds is 5. The zero-order valence-electron chi connectivity index (χ0n) is 9.32. The van der Waals surface area contributed by atoms with Crippen molar-refractivity contribution in [3.63, 3.8) is 0 Å². The maximum Gasteiger partial charge on any atom is 0.164 e. The summed E-state index contributed by atoms with van der Waals surface area (Å²) in [5.41, 5.74) is 5.90. The summed E-state index contributed by atoms with van der Waals surface area (Å²) in [6.45, 7) is 1.52. The van der Waals surface area contributed by atoms with Gasteiger partial charge in [0.1, 0.15) is 11.9 Å². The van der Waals surface area contributed by atoms with Crippen molar-refractivity contribution in [2.45, 2.75) is 12.5 Å². The lowest BCUT2D eigenvalue weighted by atomic mass is 10.1. The molecule has 1 saturated heterocycles. The van der Waals surface area contributed by atoms with Gasteiger partial charge in [-0.1, -0.05) is 11.6 Å². The largest absolute Gasteiger partial charge is 0.484 e. The SMILES string of the molecule is NCCC(=O)c1ccc(OC2COC2)c(Cl)c1. The molecule has 4 nitrogen and oxygen atoms in total. The predicted molar refractivity (Wildman–Crippen MR) is 64.7 cm³/mol. The minimum atomic E-state index is -0.00655. The monoisotopic (exact) mass is 255 g/mol. The standard InChI is InChI=1S/C12H14ClNO3/c13-10-5-8(11(15)3-4-14)1-2-12(10)17-9-6-16-7-9/h1-2,5,9H,3-4,6-7,14H2. The average Bonchev–Trinajstić information content (AvgIpc) is 2.25. The van der Waals surface area contributed by atoms with E-state index in [9.17, 15) is 4.79 Å². The van der Waals surface area contributed by atoms with Gasteiger partial charge >= 0.3 is 0 Å². The minimum Gasteiger partial charge on any atom is -0.484 e. The molecular formula is C12H14ClNO3. The molecule has 0 aliphatic carbocycles. The molecule has 2 N–H and O–H groups in total. The Balaban J connectivity index is 2.07. The molecule has 0 atom stereocenters. The maximum absolute atomic E-state index is 11.6. The zero-order valence-corrected chi connectivity index (χ0v) is 10.1. The summed E-state index contributed by atoms with van der Waals surface area (Å²) in [5, 5.41) is 0.444. The van der Waals surface area contributed by atoms with Gasteiger partial charge in [0.15, 0.2) is 5.78 Å². The van der Waals surface area contributed by atoms with Crippen molar-refractivity contribution in [1.82, 2.24) is 0 Å². The second kappa shape index (κ2) is 5.49. The van der Waals surface area contributed by atoms with E-state index in [0.29, 0.717) is 42.5 Å². The van der Waals surface area contributed by atoms with Crippen LogP contribution < -0.4 is 10.5 Å². The van der Waals surface area contributed by atoms with Crippen LogP contribution in [0.4, 0.5) is 0 Å². The van der Waals surface area contributed by atoms with Gasteiger partial charge in [0.25, 0.3) is 0 Å². The summed E-state index contributed by atoms with van der Waals surface area (Å²) < 4.78 is 10.6. The van der Waals surface area contributed by atoms with Crippen molar-refractivity contribution in [3.8, 4) is 5.75 Å². The van der Waals surface area contributed by atoms with Crippen LogP contribution in [0.2, 0.25) is 5.02 Å². The van der Waals surface area contributed by atoms with Crippen molar-refractivity contribution in [3.05, 3.63) is 28.8 Å². The third-order valence-electron chi connectivity index (χ3n) is 2.53. The Morgan fingerprint density at radius 2 is 2.29 bits per heavy atom. The summed E-state index contributed by atoms with van der Waals surface area (Å²) in [5.74, 6) is 0.581. The fourth-order valence-corrected chi connectivity index (χ4v) is 1.73. The fourth-order valence-electron chi connectivity index (χ4n) is 1.51. The number of hydrogen-bond acceptors (Lipinski definition) is 4. The van der Waals surface area contributed by atoms with Crippen molar-refractivity contribution >= 4 is 17.4 Å². The summed E-state index contributed by atoms with van der Waals surface area (Å²) in [6.07, 6.45) is 0.394. The highest BCUT2D eigenvalue weighted by Gasteiger charge is 2.21. The van der Waals surface area contributed by atoms with Crippen molar-refractivity contribution < 1.29 is 14.3 Å². The molecule has 2 rings (SSSR count). The van der Waals surface area contributed by atoms with Crippen LogP contribution in [0.15, 0.2) is 18.2 Å². The highest BCUT2D eigenvalue weighted by atomic mass is 35.5. The van der Waals surface area contributed by atoms with Gasteiger partial charge in [-0.25, -0.2) is 0 Å². The molecule has 1 heterocycles. The minimum absolute atomic E-state index is 0.00655. The smallest absolute Gasteiger partial charge is 0.164 e. The summed E-state index contributed by atoms with van der Waals surface area (Å²) >= 11 is 6.05. The molecule has 17 heavy (non-hydrogen) atoms. The van der Waals surface area contributed by atoms with Crippen LogP contribution in [0.5, 0.6) is 5.75 Å². The molecule has 0 radical (unpaired) electrons. The molecule has 0 bridgehead atoms. The van der Waals surface area contributed by atoms with Crippen LogP contribution >= 0.6 is 11.6 Å². The van der Waals surface area contributed by atoms with Crippen molar-refractivity contribution in [2.75, 3.05) is 19.8 Å². The van der Waals surface area contributed by atoms with Gasteiger partial charge in [0, 0.05) is 12.0 Å². The average molecular weight is 256 g/mol. The number of halogens is 1. The van der Waals surface area contributed by atoms with E-state index in [4.69, 9.17) is 26.8 Å². The molecule has 92 valence electrons. The van der Waals surface area contributed by atoms with E-state index in [2.05, 4.69) is 0 Å². The number of Topliss-reactive ketones (excluding diaryl/α,β-unsaturated/α-hetero) is 1. The Bertz CT molecular complexity index is 418. The van der Waals surface area contributed by atoms with Crippen molar-refractivity contribution in [2.24, 2.45) is 5.73 Å². The lowest BCUT2D eigenvalue weighted by Gasteiger charge is -2.27. The van der Waals surface area contributed by atoms with Gasteiger partial charge in [-0.05, 0) is 24.7 Å². The number of carbonyl (C=O) groups excluding carboxylic acids is 1. The third-order valence-corrected chi connectivity index (χ3v) is 2.82. The van der Waals surface area contributed by atoms with E-state index in [0.717, 1.165) is 0 Å². The number of hydrogen-bond donors (Lipinski definition) is 1. The van der Waals surface area contributed by atoms with Crippen molar-refractivity contribution in [1.29, 1.82) is 0 Å². The lowest BCUT2D eigenvalue weighted by molar-refractivity contribution is -0.0796. The number of ether oxygens (including phenoxy) is 2. The van der Waals surface area contributed by atoms with Gasteiger partial charge in [-0.3, -0.25) is 4.79 Å². The second-order valence-electron chi connectivity index (χ2n) is 3.88. The number of carbonyl (C=O) groups is 1. The fraction of sp³-hybridized carbons (Fsp3) is 0.417. The van der Waals surface area contributed by atoms with E-state index >= 15 is 0 Å². The molecule has 0 aromatic heterocycles. The quantitative estimate of drug-likeness (QED) is 0.813. The molecule has 0 spiro atoms. The van der Waals surface area contributed by atoms with Gasteiger partial charge < -0.3 is 15.2 Å². The van der Waals surface area contributed by atoms with Gasteiger partial charge in [-0.15, -0.1) is 0 Å². The van der Waals surface area contributed by atoms with Gasteiger partial charge in [0.05, 0.1) is 18.2 Å². The lowest BCUT2D eigenvalue weighted by Crippen LogP contribution is -2.38. The molecule has 1 aliphatic rings. The number of benzene rings is 1. The van der Waals surface area contributed by atoms with Crippen LogP contribution in [-0.2, 0) is 4.74 Å². The molecule has 0 unspecified atom stereocenters. The van der Waals surface area contributed by atoms with Crippen LogP contribution in [0.25, 0.3) is 0 Å². The first-order valence-electron chi connectivity index (χ1n) is 5.48. The van der Waals surface area contributed by atoms with E-state index < -0.39 is 0 Å². The summed E-state index contributed by atoms with van der Waals surface area (Å²) in [6, 6.07) is 5.04. The second-order valence-corrected chi connectivity index (χ2v) is 4.29. The number of nitrogens with two attached hydrogens (primary N) is 1. The highest BCUT2D eigenvalue weighted by Crippen LogP contribution is 2.28. The van der Waals surface area contributed by atoms with Crippen LogP contribution in [0.3, 0.4) is 0 Å². The molecule has 0 amide bonds. The maximum atomic E-state index is 11.6. The van der Waals surface area contributed by atoms with E-state index in [-0.39, 0.29) is 11.9 Å². The van der Waals surface area contributed by atoms with Crippen LogP contribution in [0.1, 0.15) is 16.8 Å². The third kappa shape index (κ3) is 2.97. The Morgan fingerprint density at radius 3 is 2.82 bits per heavy atom. The Labute approximate surface area is 105 Å². The topological polar surface area (TPSA) is 61.6 Å². The predicted octanol–water partition coefficient (Wildman–Crippen LogP) is 1.65. The van der Waals surface area contributed by atoms with Gasteiger partial charge in [0.2, 0.25) is 0 Å². The Kier molecular flexibility index (Phi) is 3.99. The summed E-state index contributed by atoms with van der Waals surface area (Å²) in [7, 11) is 0. The molecule has 1 aromatic rings. The van der Waals surface area contributed by atoms with E-state index in [1.165, 1.54) is 0 Å². The Hall–Kier alpha value is -1.10. The first kappa shape index (κ1) is 12.4. The normalized spacial score (nSPS) is 15.4. The molecule has 1 aromatic carbocycles. The molecule has 1 fully saturated rings. The molecule has 0 saturated carbocycles. The number of ketones is 1. The van der Waals surface area contributed by atoms with Crippen LogP contribution in [0, 0.1) is 0 Å². The zero-order chi connectivity index (χ0) is 12.3. The molecule has 5 heteroatoms. The first-order valence-corrected chi connectivity index (χ1v) is 5.85. The molecular weight excluding hydrogens is 242 g/mol. The van der Waals surface area contributed by atoms with Crippen LogP contribution in [-0.4, -0.2) is 31.6 Å². The first-order chi connectivity index (χ1) is 8.20. The Morgan fingerprint density at radius 1 is 1.53 bits per heavy atom. The van der Waals surface area contributed by atoms with E-state index in [1.54, 1.807) is 18.2 Å². The van der Waals surface area contributed by atoms with E-state index in [1.807, 2.05) is 0 Å². The van der Waals surface area contributed by atoms with Gasteiger partial charge in [-0.2, -0.15) is 0 Å². The summed E-state index contributed by atoms with van der Waals surface area (Å²) in [4.78, 5) is 11.6. The highest BCUT2D eigenvalue weighted by molar-refractivity contribution is 6.32.